The Morgan fingerprint density at radius 1 is 1.48 bits per heavy atom. The van der Waals surface area contributed by atoms with Crippen LogP contribution in [0.1, 0.15) is 30.7 Å². The average molecular weight is 323 g/mol. The van der Waals surface area contributed by atoms with Gasteiger partial charge in [0.05, 0.1) is 11.5 Å². The normalized spacial score (nSPS) is 14.1. The molecule has 0 unspecified atom stereocenters. The van der Waals surface area contributed by atoms with Crippen LogP contribution >= 0.6 is 23.1 Å². The lowest BCUT2D eigenvalue weighted by Crippen LogP contribution is -1.97. The molecular weight excluding hydrogens is 310 g/mol. The zero-order valence-corrected chi connectivity index (χ0v) is 12.9. The van der Waals surface area contributed by atoms with Crippen LogP contribution in [0, 0.1) is 10.1 Å². The summed E-state index contributed by atoms with van der Waals surface area (Å²) in [7, 11) is 0. The Kier molecular flexibility index (Phi) is 4.07. The number of nitro benzene ring substituents is 1. The Hall–Kier alpha value is -1.67. The Bertz CT molecular complexity index is 670. The number of nitro groups is 1. The van der Waals surface area contributed by atoms with Crippen LogP contribution in [0.2, 0.25) is 0 Å². The molecule has 21 heavy (non-hydrogen) atoms. The second kappa shape index (κ2) is 5.98. The molecule has 1 aliphatic rings. The standard InChI is InChI=1S/C13H13N3O3S2/c1-2-19-11-7-9(5-6-10(11)16(17)18)20-13-15-14-12(21-13)8-3-4-8/h5-8H,2-4H2,1H3. The first-order chi connectivity index (χ1) is 10.2. The minimum atomic E-state index is -0.435. The predicted octanol–water partition coefficient (Wildman–Crippen LogP) is 3.87. The molecule has 0 saturated heterocycles. The molecule has 1 fully saturated rings. The van der Waals surface area contributed by atoms with E-state index < -0.39 is 4.92 Å². The maximum Gasteiger partial charge on any atom is 0.310 e. The van der Waals surface area contributed by atoms with Crippen LogP contribution < -0.4 is 4.74 Å². The highest BCUT2D eigenvalue weighted by Crippen LogP contribution is 2.44. The van der Waals surface area contributed by atoms with E-state index in [4.69, 9.17) is 4.74 Å². The van der Waals surface area contributed by atoms with Crippen molar-refractivity contribution in [3.8, 4) is 5.75 Å². The Morgan fingerprint density at radius 2 is 2.29 bits per heavy atom. The van der Waals surface area contributed by atoms with Crippen molar-refractivity contribution in [3.05, 3.63) is 33.3 Å². The number of hydrogen-bond donors (Lipinski definition) is 0. The fourth-order valence-corrected chi connectivity index (χ4v) is 3.88. The van der Waals surface area contributed by atoms with E-state index in [-0.39, 0.29) is 5.69 Å². The van der Waals surface area contributed by atoms with Gasteiger partial charge in [-0.3, -0.25) is 10.1 Å². The zero-order chi connectivity index (χ0) is 14.8. The van der Waals surface area contributed by atoms with Gasteiger partial charge in [-0.2, -0.15) is 0 Å². The first kappa shape index (κ1) is 14.3. The number of hydrogen-bond acceptors (Lipinski definition) is 7. The van der Waals surface area contributed by atoms with Crippen molar-refractivity contribution >= 4 is 28.8 Å². The van der Waals surface area contributed by atoms with E-state index in [0.29, 0.717) is 18.3 Å². The fourth-order valence-electron chi connectivity index (χ4n) is 1.84. The molecule has 0 radical (unpaired) electrons. The van der Waals surface area contributed by atoms with Crippen LogP contribution in [0.4, 0.5) is 5.69 Å². The van der Waals surface area contributed by atoms with E-state index in [1.165, 1.54) is 30.7 Å². The summed E-state index contributed by atoms with van der Waals surface area (Å²) in [6.45, 7) is 2.19. The predicted molar refractivity (Wildman–Crippen MR) is 80.3 cm³/mol. The van der Waals surface area contributed by atoms with Gasteiger partial charge in [0.25, 0.3) is 0 Å². The van der Waals surface area contributed by atoms with Crippen LogP contribution in [0.3, 0.4) is 0 Å². The molecule has 6 nitrogen and oxygen atoms in total. The monoisotopic (exact) mass is 323 g/mol. The molecule has 0 atom stereocenters. The quantitative estimate of drug-likeness (QED) is 0.593. The van der Waals surface area contributed by atoms with E-state index in [1.54, 1.807) is 30.4 Å². The largest absolute Gasteiger partial charge is 0.487 e. The van der Waals surface area contributed by atoms with E-state index in [1.807, 2.05) is 0 Å². The molecule has 0 bridgehead atoms. The number of rotatable bonds is 6. The first-order valence-electron chi connectivity index (χ1n) is 6.60. The molecule has 2 aromatic rings. The molecule has 110 valence electrons. The molecule has 1 saturated carbocycles. The summed E-state index contributed by atoms with van der Waals surface area (Å²) in [5, 5.41) is 20.4. The molecule has 0 aliphatic heterocycles. The molecule has 1 aromatic heterocycles. The molecular formula is C13H13N3O3S2. The third-order valence-electron chi connectivity index (χ3n) is 2.98. The lowest BCUT2D eigenvalue weighted by molar-refractivity contribution is -0.385. The van der Waals surface area contributed by atoms with E-state index in [2.05, 4.69) is 10.2 Å². The lowest BCUT2D eigenvalue weighted by atomic mass is 10.3. The summed E-state index contributed by atoms with van der Waals surface area (Å²) in [6, 6.07) is 4.87. The SMILES string of the molecule is CCOc1cc(Sc2nnc(C3CC3)s2)ccc1[N+](=O)[O-]. The molecule has 8 heteroatoms. The van der Waals surface area contributed by atoms with Gasteiger partial charge < -0.3 is 4.74 Å². The van der Waals surface area contributed by atoms with Crippen LogP contribution in [0.5, 0.6) is 5.75 Å². The smallest absolute Gasteiger partial charge is 0.310 e. The molecule has 3 rings (SSSR count). The van der Waals surface area contributed by atoms with Gasteiger partial charge in [0.1, 0.15) is 5.01 Å². The van der Waals surface area contributed by atoms with Gasteiger partial charge in [-0.05, 0) is 25.8 Å². The summed E-state index contributed by atoms with van der Waals surface area (Å²) in [4.78, 5) is 11.4. The maximum absolute atomic E-state index is 10.9. The Balaban J connectivity index is 1.80. The van der Waals surface area contributed by atoms with Crippen molar-refractivity contribution in [2.75, 3.05) is 6.61 Å². The molecule has 1 heterocycles. The molecule has 0 N–H and O–H groups in total. The molecule has 0 amide bonds. The topological polar surface area (TPSA) is 78.2 Å². The number of ether oxygens (including phenoxy) is 1. The van der Waals surface area contributed by atoms with Crippen LogP contribution in [-0.4, -0.2) is 21.7 Å². The average Bonchev–Trinajstić information content (AvgIpc) is 3.20. The number of nitrogens with zero attached hydrogens (tertiary/aromatic N) is 3. The summed E-state index contributed by atoms with van der Waals surface area (Å²) < 4.78 is 6.20. The highest BCUT2D eigenvalue weighted by Gasteiger charge is 2.27. The van der Waals surface area contributed by atoms with Gasteiger partial charge in [-0.15, -0.1) is 10.2 Å². The second-order valence-corrected chi connectivity index (χ2v) is 6.93. The van der Waals surface area contributed by atoms with Gasteiger partial charge in [-0.1, -0.05) is 23.1 Å². The van der Waals surface area contributed by atoms with Crippen molar-refractivity contribution < 1.29 is 9.66 Å². The van der Waals surface area contributed by atoms with Crippen LogP contribution in [-0.2, 0) is 0 Å². The zero-order valence-electron chi connectivity index (χ0n) is 11.3. The summed E-state index contributed by atoms with van der Waals surface area (Å²) in [5.74, 6) is 0.882. The van der Waals surface area contributed by atoms with Gasteiger partial charge in [0.2, 0.25) is 0 Å². The maximum atomic E-state index is 10.9. The number of benzene rings is 1. The lowest BCUT2D eigenvalue weighted by Gasteiger charge is -2.05. The molecule has 1 aromatic carbocycles. The van der Waals surface area contributed by atoms with E-state index >= 15 is 0 Å². The van der Waals surface area contributed by atoms with Crippen molar-refractivity contribution in [1.29, 1.82) is 0 Å². The van der Waals surface area contributed by atoms with Gasteiger partial charge in [0.15, 0.2) is 10.1 Å². The van der Waals surface area contributed by atoms with Crippen molar-refractivity contribution in [1.82, 2.24) is 10.2 Å². The van der Waals surface area contributed by atoms with Gasteiger partial charge >= 0.3 is 5.69 Å². The molecule has 0 spiro atoms. The minimum absolute atomic E-state index is 0.0165. The van der Waals surface area contributed by atoms with E-state index in [0.717, 1.165) is 14.2 Å². The van der Waals surface area contributed by atoms with Gasteiger partial charge in [-0.25, -0.2) is 0 Å². The summed E-state index contributed by atoms with van der Waals surface area (Å²) in [6.07, 6.45) is 2.40. The van der Waals surface area contributed by atoms with Crippen molar-refractivity contribution in [2.24, 2.45) is 0 Å². The Morgan fingerprint density at radius 3 is 2.95 bits per heavy atom. The van der Waals surface area contributed by atoms with E-state index in [9.17, 15) is 10.1 Å². The van der Waals surface area contributed by atoms with Gasteiger partial charge in [0, 0.05) is 22.9 Å². The third kappa shape index (κ3) is 3.33. The molecule has 1 aliphatic carbocycles. The summed E-state index contributed by atoms with van der Waals surface area (Å²) in [5.41, 5.74) is -0.0165. The third-order valence-corrected chi connectivity index (χ3v) is 5.11. The fraction of sp³-hybridized carbons (Fsp3) is 0.385. The van der Waals surface area contributed by atoms with Crippen LogP contribution in [0.15, 0.2) is 27.4 Å². The van der Waals surface area contributed by atoms with Crippen molar-refractivity contribution in [3.63, 3.8) is 0 Å². The second-order valence-electron chi connectivity index (χ2n) is 4.60. The minimum Gasteiger partial charge on any atom is -0.487 e. The highest BCUT2D eigenvalue weighted by atomic mass is 32.2. The van der Waals surface area contributed by atoms with Crippen molar-refractivity contribution in [2.45, 2.75) is 34.9 Å². The Labute approximate surface area is 129 Å². The summed E-state index contributed by atoms with van der Waals surface area (Å²) >= 11 is 3.05. The first-order valence-corrected chi connectivity index (χ1v) is 8.23. The number of aromatic nitrogens is 2. The highest BCUT2D eigenvalue weighted by molar-refractivity contribution is 8.01. The van der Waals surface area contributed by atoms with Crippen LogP contribution in [0.25, 0.3) is 0 Å².